The van der Waals surface area contributed by atoms with E-state index in [2.05, 4.69) is 9.98 Å². The highest BCUT2D eigenvalue weighted by Crippen LogP contribution is 2.29. The average Bonchev–Trinajstić information content (AvgIpc) is 2.95. The number of hydrogen-bond acceptors (Lipinski definition) is 6. The van der Waals surface area contributed by atoms with Crippen molar-refractivity contribution >= 4 is 38.9 Å². The molecule has 0 aliphatic carbocycles. The van der Waals surface area contributed by atoms with Crippen LogP contribution in [0.25, 0.3) is 10.2 Å². The number of carbonyl (C=O) groups excluding carboxylic acids is 1. The van der Waals surface area contributed by atoms with E-state index in [0.717, 1.165) is 10.2 Å². The van der Waals surface area contributed by atoms with E-state index in [1.165, 1.54) is 18.4 Å². The number of aliphatic imine (C=N–C) groups is 1. The number of aromatic nitrogens is 1. The molecule has 110 valence electrons. The highest BCUT2D eigenvalue weighted by Gasteiger charge is 2.09. The first-order chi connectivity index (χ1) is 10.7. The largest absolute Gasteiger partial charge is 0.507 e. The smallest absolute Gasteiger partial charge is 0.337 e. The Morgan fingerprint density at radius 1 is 1.32 bits per heavy atom. The van der Waals surface area contributed by atoms with Crippen LogP contribution < -0.4 is 0 Å². The minimum atomic E-state index is -0.380. The summed E-state index contributed by atoms with van der Waals surface area (Å²) in [7, 11) is 1.35. The van der Waals surface area contributed by atoms with Crippen LogP contribution in [0.15, 0.2) is 47.5 Å². The van der Waals surface area contributed by atoms with E-state index in [1.54, 1.807) is 42.6 Å². The van der Waals surface area contributed by atoms with Crippen molar-refractivity contribution in [3.8, 4) is 5.75 Å². The van der Waals surface area contributed by atoms with Gasteiger partial charge < -0.3 is 9.84 Å². The van der Waals surface area contributed by atoms with E-state index in [1.807, 2.05) is 6.07 Å². The third kappa shape index (κ3) is 2.82. The molecule has 0 saturated carbocycles. The summed E-state index contributed by atoms with van der Waals surface area (Å²) in [5, 5.41) is 10.2. The summed E-state index contributed by atoms with van der Waals surface area (Å²) >= 11 is 1.37. The maximum Gasteiger partial charge on any atom is 0.337 e. The van der Waals surface area contributed by atoms with Crippen LogP contribution in [0.2, 0.25) is 0 Å². The molecule has 22 heavy (non-hydrogen) atoms. The number of thiazole rings is 1. The van der Waals surface area contributed by atoms with E-state index >= 15 is 0 Å². The Labute approximate surface area is 130 Å². The first-order valence-electron chi connectivity index (χ1n) is 6.48. The van der Waals surface area contributed by atoms with Crippen molar-refractivity contribution in [2.75, 3.05) is 7.11 Å². The molecule has 0 spiro atoms. The van der Waals surface area contributed by atoms with Gasteiger partial charge in [-0.3, -0.25) is 0 Å². The van der Waals surface area contributed by atoms with Crippen LogP contribution in [0.5, 0.6) is 5.75 Å². The number of fused-ring (bicyclic) bond motifs is 1. The Morgan fingerprint density at radius 3 is 2.91 bits per heavy atom. The van der Waals surface area contributed by atoms with E-state index in [9.17, 15) is 9.90 Å². The minimum Gasteiger partial charge on any atom is -0.507 e. The number of carbonyl (C=O) groups is 1. The first kappa shape index (κ1) is 14.2. The van der Waals surface area contributed by atoms with Crippen molar-refractivity contribution in [3.63, 3.8) is 0 Å². The van der Waals surface area contributed by atoms with Gasteiger partial charge in [-0.25, -0.2) is 14.8 Å². The van der Waals surface area contributed by atoms with Crippen molar-refractivity contribution < 1.29 is 14.6 Å². The standard InChI is InChI=1S/C16H12N2O3S/c1-21-15(20)10-6-7-12-14(8-10)22-16(18-12)17-9-11-4-2-3-5-13(11)19/h2-9,19H,1H3. The molecule has 6 heteroatoms. The van der Waals surface area contributed by atoms with Crippen molar-refractivity contribution in [2.45, 2.75) is 0 Å². The predicted octanol–water partition coefficient (Wildman–Crippen LogP) is 3.54. The van der Waals surface area contributed by atoms with Crippen LogP contribution in [0.3, 0.4) is 0 Å². The van der Waals surface area contributed by atoms with Crippen LogP contribution >= 0.6 is 11.3 Å². The fourth-order valence-electron chi connectivity index (χ4n) is 1.93. The molecule has 3 aromatic rings. The Bertz CT molecular complexity index is 871. The van der Waals surface area contributed by atoms with Gasteiger partial charge in [-0.05, 0) is 30.3 Å². The molecule has 0 fully saturated rings. The number of hydrogen-bond donors (Lipinski definition) is 1. The third-order valence-electron chi connectivity index (χ3n) is 3.05. The number of benzene rings is 2. The zero-order valence-electron chi connectivity index (χ0n) is 11.7. The average molecular weight is 312 g/mol. The second kappa shape index (κ2) is 5.95. The van der Waals surface area contributed by atoms with E-state index < -0.39 is 0 Å². The van der Waals surface area contributed by atoms with Crippen LogP contribution in [-0.4, -0.2) is 29.4 Å². The molecule has 0 aliphatic rings. The van der Waals surface area contributed by atoms with Gasteiger partial charge in [-0.15, -0.1) is 0 Å². The van der Waals surface area contributed by atoms with E-state index in [0.29, 0.717) is 16.3 Å². The molecular weight excluding hydrogens is 300 g/mol. The lowest BCUT2D eigenvalue weighted by Crippen LogP contribution is -1.99. The second-order valence-corrected chi connectivity index (χ2v) is 5.50. The number of nitrogens with zero attached hydrogens (tertiary/aromatic N) is 2. The number of methoxy groups -OCH3 is 1. The summed E-state index contributed by atoms with van der Waals surface area (Å²) in [6, 6.07) is 12.1. The monoisotopic (exact) mass is 312 g/mol. The number of phenolic OH excluding ortho intramolecular Hbond substituents is 1. The van der Waals surface area contributed by atoms with Crippen LogP contribution in [0.1, 0.15) is 15.9 Å². The normalized spacial score (nSPS) is 11.1. The molecule has 0 unspecified atom stereocenters. The molecule has 1 heterocycles. The molecule has 0 radical (unpaired) electrons. The molecule has 0 aliphatic heterocycles. The predicted molar refractivity (Wildman–Crippen MR) is 86.3 cm³/mol. The Kier molecular flexibility index (Phi) is 3.84. The van der Waals surface area contributed by atoms with Crippen LogP contribution in [0.4, 0.5) is 5.13 Å². The SMILES string of the molecule is COC(=O)c1ccc2nc(N=Cc3ccccc3O)sc2c1. The lowest BCUT2D eigenvalue weighted by atomic mass is 10.2. The number of ether oxygens (including phenoxy) is 1. The first-order valence-corrected chi connectivity index (χ1v) is 7.30. The van der Waals surface area contributed by atoms with Gasteiger partial charge in [0.25, 0.3) is 0 Å². The molecule has 2 aromatic carbocycles. The number of para-hydroxylation sites is 1. The Hall–Kier alpha value is -2.73. The van der Waals surface area contributed by atoms with Crippen molar-refractivity contribution in [3.05, 3.63) is 53.6 Å². The summed E-state index contributed by atoms with van der Waals surface area (Å²) in [6.07, 6.45) is 1.56. The van der Waals surface area contributed by atoms with Gasteiger partial charge in [0.15, 0.2) is 0 Å². The molecule has 0 bridgehead atoms. The van der Waals surface area contributed by atoms with Crippen molar-refractivity contribution in [1.82, 2.24) is 4.98 Å². The van der Waals surface area contributed by atoms with Gasteiger partial charge in [0, 0.05) is 11.8 Å². The lowest BCUT2D eigenvalue weighted by Gasteiger charge is -1.97. The number of esters is 1. The van der Waals surface area contributed by atoms with Crippen molar-refractivity contribution in [2.24, 2.45) is 4.99 Å². The molecule has 1 N–H and O–H groups in total. The highest BCUT2D eigenvalue weighted by atomic mass is 32.1. The summed E-state index contributed by atoms with van der Waals surface area (Å²) in [5.74, 6) is -0.213. The van der Waals surface area contributed by atoms with Gasteiger partial charge in [0.2, 0.25) is 5.13 Å². The number of aromatic hydroxyl groups is 1. The molecular formula is C16H12N2O3S. The summed E-state index contributed by atoms with van der Waals surface area (Å²) in [4.78, 5) is 20.2. The molecule has 5 nitrogen and oxygen atoms in total. The van der Waals surface area contributed by atoms with Gasteiger partial charge in [0.1, 0.15) is 5.75 Å². The summed E-state index contributed by atoms with van der Waals surface area (Å²) < 4.78 is 5.55. The highest BCUT2D eigenvalue weighted by molar-refractivity contribution is 7.22. The Morgan fingerprint density at radius 2 is 2.14 bits per heavy atom. The maximum atomic E-state index is 11.5. The fraction of sp³-hybridized carbons (Fsp3) is 0.0625. The number of phenols is 1. The minimum absolute atomic E-state index is 0.167. The zero-order chi connectivity index (χ0) is 15.5. The molecule has 3 rings (SSSR count). The van der Waals surface area contributed by atoms with Gasteiger partial charge in [-0.1, -0.05) is 23.5 Å². The van der Waals surface area contributed by atoms with E-state index in [-0.39, 0.29) is 11.7 Å². The van der Waals surface area contributed by atoms with Gasteiger partial charge >= 0.3 is 5.97 Å². The van der Waals surface area contributed by atoms with Gasteiger partial charge in [-0.2, -0.15) is 0 Å². The molecule has 0 atom stereocenters. The fourth-order valence-corrected chi connectivity index (χ4v) is 2.78. The van der Waals surface area contributed by atoms with Crippen LogP contribution in [-0.2, 0) is 4.74 Å². The van der Waals surface area contributed by atoms with Gasteiger partial charge in [0.05, 0.1) is 22.9 Å². The zero-order valence-corrected chi connectivity index (χ0v) is 12.5. The topological polar surface area (TPSA) is 71.8 Å². The number of rotatable bonds is 3. The van der Waals surface area contributed by atoms with Crippen molar-refractivity contribution in [1.29, 1.82) is 0 Å². The third-order valence-corrected chi connectivity index (χ3v) is 3.98. The quantitative estimate of drug-likeness (QED) is 0.593. The maximum absolute atomic E-state index is 11.5. The molecule has 1 aromatic heterocycles. The summed E-state index contributed by atoms with van der Waals surface area (Å²) in [6.45, 7) is 0. The summed E-state index contributed by atoms with van der Waals surface area (Å²) in [5.41, 5.74) is 1.87. The Balaban J connectivity index is 1.92. The van der Waals surface area contributed by atoms with E-state index in [4.69, 9.17) is 4.74 Å². The lowest BCUT2D eigenvalue weighted by molar-refractivity contribution is 0.0601. The van der Waals surface area contributed by atoms with Crippen LogP contribution in [0, 0.1) is 0 Å². The molecule has 0 saturated heterocycles. The second-order valence-electron chi connectivity index (χ2n) is 4.49. The molecule has 0 amide bonds.